The third kappa shape index (κ3) is 8.72. The Morgan fingerprint density at radius 1 is 0.468 bits per heavy atom. The summed E-state index contributed by atoms with van der Waals surface area (Å²) in [7, 11) is 0. The van der Waals surface area contributed by atoms with Gasteiger partial charge in [-0.15, -0.1) is 0 Å². The molecule has 370 valence electrons. The molecule has 4 aliphatic carbocycles. The van der Waals surface area contributed by atoms with Crippen LogP contribution in [0.25, 0.3) is 44.2 Å². The number of benzene rings is 8. The monoisotopic (exact) mass is 990 g/mol. The summed E-state index contributed by atoms with van der Waals surface area (Å²) in [5, 5.41) is 2.49. The molecule has 1 aromatic heterocycles. The highest BCUT2D eigenvalue weighted by Gasteiger charge is 2.36. The summed E-state index contributed by atoms with van der Waals surface area (Å²) in [4.78, 5) is 7.54. The first-order chi connectivity index (χ1) is 38.2. The van der Waals surface area contributed by atoms with E-state index in [0.717, 1.165) is 36.3 Å². The van der Waals surface area contributed by atoms with Gasteiger partial charge >= 0.3 is 0 Å². The molecule has 4 nitrogen and oxygen atoms in total. The second-order valence-electron chi connectivity index (χ2n) is 20.7. The van der Waals surface area contributed by atoms with E-state index in [1.165, 1.54) is 83.7 Å². The molecule has 4 unspecified atom stereocenters. The molecule has 14 rings (SSSR count). The fourth-order valence-corrected chi connectivity index (χ4v) is 12.4. The zero-order chi connectivity index (χ0) is 51.1. The predicted molar refractivity (Wildman–Crippen MR) is 324 cm³/mol. The fraction of sp³-hybridized carbons (Fsp3) is 0.0959. The molecule has 0 N–H and O–H groups in total. The van der Waals surface area contributed by atoms with Crippen molar-refractivity contribution in [3.8, 4) is 16.8 Å². The van der Waals surface area contributed by atoms with E-state index >= 15 is 0 Å². The number of hydrogen-bond acceptors (Lipinski definition) is 3. The van der Waals surface area contributed by atoms with Gasteiger partial charge in [0.05, 0.1) is 23.1 Å². The van der Waals surface area contributed by atoms with Crippen molar-refractivity contribution in [2.24, 2.45) is 5.92 Å². The molecule has 77 heavy (non-hydrogen) atoms. The van der Waals surface area contributed by atoms with Crippen molar-refractivity contribution < 1.29 is 0 Å². The van der Waals surface area contributed by atoms with Gasteiger partial charge in [-0.25, -0.2) is 0 Å². The topological polar surface area (TPSA) is 14.7 Å². The van der Waals surface area contributed by atoms with Gasteiger partial charge < -0.3 is 19.3 Å². The van der Waals surface area contributed by atoms with E-state index in [2.05, 4.69) is 311 Å². The van der Waals surface area contributed by atoms with Crippen LogP contribution in [-0.4, -0.2) is 16.7 Å². The van der Waals surface area contributed by atoms with Crippen molar-refractivity contribution in [1.82, 2.24) is 4.57 Å². The molecule has 8 aromatic carbocycles. The maximum absolute atomic E-state index is 2.53. The van der Waals surface area contributed by atoms with Crippen molar-refractivity contribution in [3.63, 3.8) is 0 Å². The Balaban J connectivity index is 0.796. The van der Waals surface area contributed by atoms with Crippen molar-refractivity contribution in [3.05, 3.63) is 319 Å². The Labute approximate surface area is 452 Å². The van der Waals surface area contributed by atoms with Gasteiger partial charge in [-0.05, 0) is 143 Å². The zero-order valence-electron chi connectivity index (χ0n) is 42.9. The molecule has 2 heterocycles. The predicted octanol–water partition coefficient (Wildman–Crippen LogP) is 18.5. The minimum atomic E-state index is 0.0948. The quantitative estimate of drug-likeness (QED) is 0.128. The maximum atomic E-state index is 2.53. The first kappa shape index (κ1) is 46.2. The largest absolute Gasteiger partial charge is 0.334 e. The number of anilines is 5. The number of fused-ring (bicyclic) bond motifs is 6. The highest BCUT2D eigenvalue weighted by Crippen LogP contribution is 2.46. The van der Waals surface area contributed by atoms with Crippen LogP contribution < -0.4 is 14.7 Å². The lowest BCUT2D eigenvalue weighted by Gasteiger charge is -2.43. The second-order valence-corrected chi connectivity index (χ2v) is 20.7. The average Bonchev–Trinajstić information content (AvgIpc) is 3.76. The highest BCUT2D eigenvalue weighted by atomic mass is 15.2. The van der Waals surface area contributed by atoms with Crippen LogP contribution in [0, 0.1) is 5.92 Å². The van der Waals surface area contributed by atoms with Crippen molar-refractivity contribution in [2.45, 2.75) is 37.3 Å². The summed E-state index contributed by atoms with van der Waals surface area (Å²) in [6, 6.07) is 76.0. The molecule has 9 aromatic rings. The lowest BCUT2D eigenvalue weighted by atomic mass is 9.81. The number of para-hydroxylation sites is 3. The van der Waals surface area contributed by atoms with E-state index in [1.54, 1.807) is 0 Å². The molecule has 0 fully saturated rings. The van der Waals surface area contributed by atoms with E-state index in [-0.39, 0.29) is 18.0 Å². The van der Waals surface area contributed by atoms with Crippen molar-refractivity contribution in [2.75, 3.05) is 14.7 Å². The van der Waals surface area contributed by atoms with Gasteiger partial charge in [0.25, 0.3) is 0 Å². The van der Waals surface area contributed by atoms with Crippen molar-refractivity contribution >= 4 is 55.8 Å². The van der Waals surface area contributed by atoms with E-state index in [1.807, 2.05) is 0 Å². The molecule has 2 bridgehead atoms. The molecule has 5 aliphatic rings. The van der Waals surface area contributed by atoms with Crippen LogP contribution in [0.15, 0.2) is 308 Å². The summed E-state index contributed by atoms with van der Waals surface area (Å²) in [6.45, 7) is 0. The number of allylic oxidation sites excluding steroid dienone is 13. The smallest absolute Gasteiger partial charge is 0.0712 e. The van der Waals surface area contributed by atoms with E-state index in [0.29, 0.717) is 5.92 Å². The molecular formula is C73H58N4. The molecular weight excluding hydrogens is 933 g/mol. The number of hydrogen-bond donors (Lipinski definition) is 0. The van der Waals surface area contributed by atoms with Crippen molar-refractivity contribution in [1.29, 1.82) is 0 Å². The Hall–Kier alpha value is -9.38. The van der Waals surface area contributed by atoms with Crippen LogP contribution >= 0.6 is 0 Å². The van der Waals surface area contributed by atoms with Gasteiger partial charge in [0, 0.05) is 74.5 Å². The molecule has 0 saturated heterocycles. The Morgan fingerprint density at radius 3 is 1.86 bits per heavy atom. The molecule has 0 saturated carbocycles. The molecule has 0 radical (unpaired) electrons. The molecule has 1 aliphatic heterocycles. The van der Waals surface area contributed by atoms with Gasteiger partial charge in [-0.3, -0.25) is 0 Å². The standard InChI is InChI=1S/C73H58N4/c1-5-17-52(18-6-1)54-29-37-61(38-30-54)74(66-45-47-72-69(50-66)58-21-13-14-26-65(49-58)76(72)59-22-9-3-10-23-59)62-41-33-56(34-42-62)57-35-43-64(44-36-57)75(63-39-31-55(32-40-63)53-19-7-2-8-20-53)67-46-48-73-70(51-67)68-27-15-16-28-71(68)77(73)60-24-11-4-12-25-60/h1-17,19-43,45-49,51-52,64-65,69H,18,44,50H2. The third-order valence-electron chi connectivity index (χ3n) is 16.2. The number of aromatic nitrogens is 1. The second kappa shape index (κ2) is 20.0. The normalized spacial score (nSPS) is 19.3. The van der Waals surface area contributed by atoms with Crippen LogP contribution in [0.4, 0.5) is 28.4 Å². The van der Waals surface area contributed by atoms with Crippen LogP contribution in [0.5, 0.6) is 0 Å². The molecule has 4 atom stereocenters. The highest BCUT2D eigenvalue weighted by molar-refractivity contribution is 6.10. The zero-order valence-corrected chi connectivity index (χ0v) is 42.9. The average molecular weight is 991 g/mol. The third-order valence-corrected chi connectivity index (χ3v) is 16.2. The first-order valence-electron chi connectivity index (χ1n) is 27.3. The Kier molecular flexibility index (Phi) is 12.0. The van der Waals surface area contributed by atoms with Gasteiger partial charge in [0.2, 0.25) is 0 Å². The molecule has 0 amide bonds. The fourth-order valence-electron chi connectivity index (χ4n) is 12.4. The summed E-state index contributed by atoms with van der Waals surface area (Å²) in [6.07, 6.45) is 35.1. The lowest BCUT2D eigenvalue weighted by molar-refractivity contribution is 0.621. The maximum Gasteiger partial charge on any atom is 0.0712 e. The van der Waals surface area contributed by atoms with Gasteiger partial charge in [-0.1, -0.05) is 194 Å². The van der Waals surface area contributed by atoms with E-state index in [9.17, 15) is 0 Å². The molecule has 4 heteroatoms. The lowest BCUT2D eigenvalue weighted by Crippen LogP contribution is -2.40. The number of nitrogens with zero attached hydrogens (tertiary/aromatic N) is 4. The Morgan fingerprint density at radius 2 is 1.12 bits per heavy atom. The minimum absolute atomic E-state index is 0.0948. The van der Waals surface area contributed by atoms with Gasteiger partial charge in [0.15, 0.2) is 0 Å². The van der Waals surface area contributed by atoms with Crippen LogP contribution in [0.1, 0.15) is 36.3 Å². The Bertz CT molecular complexity index is 3940. The van der Waals surface area contributed by atoms with Crippen LogP contribution in [-0.2, 0) is 0 Å². The molecule has 0 spiro atoms. The first-order valence-corrected chi connectivity index (χ1v) is 27.3. The summed E-state index contributed by atoms with van der Waals surface area (Å²) >= 11 is 0. The number of rotatable bonds is 11. The van der Waals surface area contributed by atoms with Crippen LogP contribution in [0.2, 0.25) is 0 Å². The van der Waals surface area contributed by atoms with Gasteiger partial charge in [0.1, 0.15) is 0 Å². The minimum Gasteiger partial charge on any atom is -0.334 e. The van der Waals surface area contributed by atoms with Gasteiger partial charge in [-0.2, -0.15) is 0 Å². The van der Waals surface area contributed by atoms with Crippen LogP contribution in [0.3, 0.4) is 0 Å². The summed E-state index contributed by atoms with van der Waals surface area (Å²) in [5.41, 5.74) is 19.6. The summed E-state index contributed by atoms with van der Waals surface area (Å²) in [5.74, 6) is 0.606. The van der Waals surface area contributed by atoms with E-state index in [4.69, 9.17) is 0 Å². The van der Waals surface area contributed by atoms with E-state index < -0.39 is 0 Å². The summed E-state index contributed by atoms with van der Waals surface area (Å²) < 4.78 is 2.39. The SMILES string of the molecule is C1=CCC(c2ccc(N(C3=CC=C4C(C3)C3=CC(C=CC=C3)N4c3ccccc3)c3ccc(C4=CCC(N(c5ccc(-c6ccccc6)cc5)c5ccc6c(c5)c5ccccc5n6-c5ccccc5)C=C4)cc3)cc2)C=C1.